The Kier molecular flexibility index (Phi) is 6.82. The lowest BCUT2D eigenvalue weighted by molar-refractivity contribution is -0.131. The molecule has 0 aromatic heterocycles. The normalized spacial score (nSPS) is 19.4. The van der Waals surface area contributed by atoms with Gasteiger partial charge in [0.05, 0.1) is 16.5 Å². The first kappa shape index (κ1) is 19.5. The summed E-state index contributed by atoms with van der Waals surface area (Å²) < 4.78 is 0. The van der Waals surface area contributed by atoms with Gasteiger partial charge in [0.15, 0.2) is 0 Å². The highest BCUT2D eigenvalue weighted by atomic mass is 35.5. The number of carbonyl (C=O) groups is 2. The number of piperidine rings is 1. The van der Waals surface area contributed by atoms with Crippen molar-refractivity contribution in [3.8, 4) is 0 Å². The van der Waals surface area contributed by atoms with E-state index in [0.29, 0.717) is 29.6 Å². The van der Waals surface area contributed by atoms with Crippen molar-refractivity contribution in [2.24, 2.45) is 5.92 Å². The maximum absolute atomic E-state index is 12.5. The Morgan fingerprint density at radius 1 is 1.00 bits per heavy atom. The van der Waals surface area contributed by atoms with Gasteiger partial charge in [0.25, 0.3) is 0 Å². The molecular formula is C20H26Cl2N2O2. The summed E-state index contributed by atoms with van der Waals surface area (Å²) in [6.07, 6.45) is 7.61. The van der Waals surface area contributed by atoms with E-state index < -0.39 is 0 Å². The molecule has 0 unspecified atom stereocenters. The van der Waals surface area contributed by atoms with Crippen LogP contribution in [0.15, 0.2) is 18.2 Å². The fraction of sp³-hybridized carbons (Fsp3) is 0.600. The van der Waals surface area contributed by atoms with Crippen molar-refractivity contribution in [1.29, 1.82) is 0 Å². The quantitative estimate of drug-likeness (QED) is 0.827. The molecule has 0 atom stereocenters. The number of rotatable bonds is 4. The van der Waals surface area contributed by atoms with Gasteiger partial charge in [-0.3, -0.25) is 9.59 Å². The van der Waals surface area contributed by atoms with Crippen LogP contribution in [-0.2, 0) is 16.0 Å². The Morgan fingerprint density at radius 2 is 1.69 bits per heavy atom. The highest BCUT2D eigenvalue weighted by Gasteiger charge is 2.27. The van der Waals surface area contributed by atoms with Gasteiger partial charge in [-0.15, -0.1) is 0 Å². The number of likely N-dealkylation sites (tertiary alicyclic amines) is 1. The van der Waals surface area contributed by atoms with E-state index in [0.717, 1.165) is 31.2 Å². The molecule has 0 radical (unpaired) electrons. The maximum Gasteiger partial charge on any atom is 0.226 e. The van der Waals surface area contributed by atoms with Crippen molar-refractivity contribution in [3.63, 3.8) is 0 Å². The van der Waals surface area contributed by atoms with E-state index in [1.807, 2.05) is 11.0 Å². The van der Waals surface area contributed by atoms with Gasteiger partial charge in [0.2, 0.25) is 11.8 Å². The third kappa shape index (κ3) is 5.14. The lowest BCUT2D eigenvalue weighted by Crippen LogP contribution is -2.48. The molecule has 1 N–H and O–H groups in total. The molecule has 2 aliphatic rings. The number of halogens is 2. The zero-order chi connectivity index (χ0) is 18.5. The van der Waals surface area contributed by atoms with Crippen LogP contribution in [0.3, 0.4) is 0 Å². The molecule has 2 fully saturated rings. The minimum atomic E-state index is 0.0976. The van der Waals surface area contributed by atoms with Crippen molar-refractivity contribution >= 4 is 35.0 Å². The number of amides is 2. The molecule has 0 bridgehead atoms. The molecule has 1 heterocycles. The summed E-state index contributed by atoms with van der Waals surface area (Å²) in [4.78, 5) is 26.8. The second kappa shape index (κ2) is 9.09. The van der Waals surface area contributed by atoms with Crippen LogP contribution < -0.4 is 5.32 Å². The van der Waals surface area contributed by atoms with Gasteiger partial charge >= 0.3 is 0 Å². The van der Waals surface area contributed by atoms with Crippen molar-refractivity contribution in [3.05, 3.63) is 33.8 Å². The van der Waals surface area contributed by atoms with Gasteiger partial charge in [-0.05, 0) is 43.4 Å². The smallest absolute Gasteiger partial charge is 0.226 e. The third-order valence-corrected chi connectivity index (χ3v) is 6.25. The monoisotopic (exact) mass is 396 g/mol. The minimum absolute atomic E-state index is 0.0976. The largest absolute Gasteiger partial charge is 0.353 e. The molecule has 4 nitrogen and oxygen atoms in total. The Bertz CT molecular complexity index is 651. The first-order chi connectivity index (χ1) is 12.5. The zero-order valence-electron chi connectivity index (χ0n) is 15.0. The third-order valence-electron chi connectivity index (χ3n) is 5.51. The first-order valence-corrected chi connectivity index (χ1v) is 10.3. The SMILES string of the molecule is O=C(NC1CCN(C(=O)Cc2ccc(Cl)c(Cl)c2)CC1)C1CCCCC1. The predicted molar refractivity (Wildman–Crippen MR) is 104 cm³/mol. The van der Waals surface area contributed by atoms with Crippen LogP contribution in [0.25, 0.3) is 0 Å². The number of nitrogens with zero attached hydrogens (tertiary/aromatic N) is 1. The summed E-state index contributed by atoms with van der Waals surface area (Å²) in [7, 11) is 0. The van der Waals surface area contributed by atoms with E-state index in [1.165, 1.54) is 19.3 Å². The van der Waals surface area contributed by atoms with Crippen molar-refractivity contribution in [1.82, 2.24) is 10.2 Å². The topological polar surface area (TPSA) is 49.4 Å². The van der Waals surface area contributed by atoms with Crippen LogP contribution in [0.1, 0.15) is 50.5 Å². The number of benzene rings is 1. The zero-order valence-corrected chi connectivity index (χ0v) is 16.5. The van der Waals surface area contributed by atoms with Crippen LogP contribution >= 0.6 is 23.2 Å². The number of carbonyl (C=O) groups excluding carboxylic acids is 2. The molecular weight excluding hydrogens is 371 g/mol. The summed E-state index contributed by atoms with van der Waals surface area (Å²) in [5, 5.41) is 4.17. The van der Waals surface area contributed by atoms with Crippen LogP contribution in [0.2, 0.25) is 10.0 Å². The van der Waals surface area contributed by atoms with Crippen LogP contribution in [0, 0.1) is 5.92 Å². The van der Waals surface area contributed by atoms with E-state index in [4.69, 9.17) is 23.2 Å². The lowest BCUT2D eigenvalue weighted by atomic mass is 9.88. The molecule has 1 aromatic rings. The van der Waals surface area contributed by atoms with E-state index in [1.54, 1.807) is 12.1 Å². The Morgan fingerprint density at radius 3 is 2.35 bits per heavy atom. The summed E-state index contributed by atoms with van der Waals surface area (Å²) in [5.74, 6) is 0.504. The maximum atomic E-state index is 12.5. The predicted octanol–water partition coefficient (Wildman–Crippen LogP) is 4.22. The fourth-order valence-electron chi connectivity index (χ4n) is 3.89. The molecule has 26 heavy (non-hydrogen) atoms. The van der Waals surface area contributed by atoms with Crippen LogP contribution in [0.4, 0.5) is 0 Å². The standard InChI is InChI=1S/C20H26Cl2N2O2/c21-17-7-6-14(12-18(17)22)13-19(25)24-10-8-16(9-11-24)23-20(26)15-4-2-1-3-5-15/h6-7,12,15-16H,1-5,8-11,13H2,(H,23,26). The molecule has 142 valence electrons. The van der Waals surface area contributed by atoms with Crippen LogP contribution in [-0.4, -0.2) is 35.8 Å². The molecule has 1 aromatic carbocycles. The first-order valence-electron chi connectivity index (χ1n) is 9.55. The van der Waals surface area contributed by atoms with Crippen molar-refractivity contribution < 1.29 is 9.59 Å². The molecule has 1 aliphatic heterocycles. The Hall–Kier alpha value is -1.26. The lowest BCUT2D eigenvalue weighted by Gasteiger charge is -2.33. The fourth-order valence-corrected chi connectivity index (χ4v) is 4.21. The van der Waals surface area contributed by atoms with E-state index in [9.17, 15) is 9.59 Å². The summed E-state index contributed by atoms with van der Waals surface area (Å²) in [6, 6.07) is 5.50. The molecule has 6 heteroatoms. The summed E-state index contributed by atoms with van der Waals surface area (Å²) in [6.45, 7) is 1.38. The van der Waals surface area contributed by atoms with Crippen molar-refractivity contribution in [2.45, 2.75) is 57.4 Å². The summed E-state index contributed by atoms with van der Waals surface area (Å²) in [5.41, 5.74) is 0.872. The molecule has 1 saturated carbocycles. The highest BCUT2D eigenvalue weighted by Crippen LogP contribution is 2.25. The van der Waals surface area contributed by atoms with Gasteiger partial charge in [-0.1, -0.05) is 48.5 Å². The second-order valence-electron chi connectivity index (χ2n) is 7.42. The number of nitrogens with one attached hydrogen (secondary N) is 1. The number of hydrogen-bond acceptors (Lipinski definition) is 2. The molecule has 1 aliphatic carbocycles. The Labute approximate surface area is 165 Å². The molecule has 1 saturated heterocycles. The van der Waals surface area contributed by atoms with E-state index in [2.05, 4.69) is 5.32 Å². The van der Waals surface area contributed by atoms with Crippen molar-refractivity contribution in [2.75, 3.05) is 13.1 Å². The van der Waals surface area contributed by atoms with E-state index in [-0.39, 0.29) is 23.8 Å². The average molecular weight is 397 g/mol. The molecule has 3 rings (SSSR count). The van der Waals surface area contributed by atoms with Crippen LogP contribution in [0.5, 0.6) is 0 Å². The minimum Gasteiger partial charge on any atom is -0.353 e. The van der Waals surface area contributed by atoms with Gasteiger partial charge in [0.1, 0.15) is 0 Å². The Balaban J connectivity index is 1.44. The summed E-state index contributed by atoms with van der Waals surface area (Å²) >= 11 is 11.9. The van der Waals surface area contributed by atoms with Gasteiger partial charge < -0.3 is 10.2 Å². The van der Waals surface area contributed by atoms with Gasteiger partial charge in [-0.25, -0.2) is 0 Å². The second-order valence-corrected chi connectivity index (χ2v) is 8.24. The number of hydrogen-bond donors (Lipinski definition) is 1. The molecule has 0 spiro atoms. The average Bonchev–Trinajstić information content (AvgIpc) is 2.66. The molecule has 2 amide bonds. The highest BCUT2D eigenvalue weighted by molar-refractivity contribution is 6.42. The van der Waals surface area contributed by atoms with Gasteiger partial charge in [-0.2, -0.15) is 0 Å². The van der Waals surface area contributed by atoms with Gasteiger partial charge in [0, 0.05) is 25.0 Å². The van der Waals surface area contributed by atoms with E-state index >= 15 is 0 Å².